The van der Waals surface area contributed by atoms with Crippen LogP contribution in [0.1, 0.15) is 11.1 Å². The Kier molecular flexibility index (Phi) is 3.11. The highest BCUT2D eigenvalue weighted by Crippen LogP contribution is 2.08. The van der Waals surface area contributed by atoms with Crippen LogP contribution in [0, 0.1) is 6.92 Å². The van der Waals surface area contributed by atoms with Crippen LogP contribution in [0.15, 0.2) is 18.5 Å². The molecule has 2 rings (SSSR count). The van der Waals surface area contributed by atoms with Crippen molar-refractivity contribution in [2.75, 3.05) is 26.2 Å². The quantitative estimate of drug-likeness (QED) is 0.749. The first kappa shape index (κ1) is 9.62. The van der Waals surface area contributed by atoms with Crippen LogP contribution in [0.3, 0.4) is 0 Å². The third kappa shape index (κ3) is 2.30. The van der Waals surface area contributed by atoms with E-state index in [1.807, 2.05) is 12.4 Å². The number of piperazine rings is 1. The van der Waals surface area contributed by atoms with Gasteiger partial charge in [-0.05, 0) is 24.1 Å². The minimum Gasteiger partial charge on any atom is -0.314 e. The molecule has 1 fully saturated rings. The molecule has 1 aliphatic rings. The van der Waals surface area contributed by atoms with Crippen LogP contribution in [0.2, 0.25) is 0 Å². The maximum Gasteiger partial charge on any atom is 0.0315 e. The molecular formula is C11H17N3. The molecule has 0 radical (unpaired) electrons. The smallest absolute Gasteiger partial charge is 0.0315 e. The molecule has 0 atom stereocenters. The predicted molar refractivity (Wildman–Crippen MR) is 57.1 cm³/mol. The topological polar surface area (TPSA) is 28.2 Å². The van der Waals surface area contributed by atoms with Gasteiger partial charge in [0.25, 0.3) is 0 Å². The summed E-state index contributed by atoms with van der Waals surface area (Å²) in [6.07, 6.45) is 3.84. The summed E-state index contributed by atoms with van der Waals surface area (Å²) in [6, 6.07) is 2.08. The zero-order valence-corrected chi connectivity index (χ0v) is 8.66. The average molecular weight is 191 g/mol. The first-order chi connectivity index (χ1) is 6.86. The minimum absolute atomic E-state index is 1.04. The summed E-state index contributed by atoms with van der Waals surface area (Å²) in [4.78, 5) is 6.64. The number of nitrogens with zero attached hydrogens (tertiary/aromatic N) is 2. The van der Waals surface area contributed by atoms with E-state index < -0.39 is 0 Å². The summed E-state index contributed by atoms with van der Waals surface area (Å²) >= 11 is 0. The van der Waals surface area contributed by atoms with Gasteiger partial charge in [-0.15, -0.1) is 0 Å². The van der Waals surface area contributed by atoms with Gasteiger partial charge in [-0.1, -0.05) is 0 Å². The second-order valence-corrected chi connectivity index (χ2v) is 3.83. The Balaban J connectivity index is 1.99. The third-order valence-corrected chi connectivity index (χ3v) is 2.75. The number of hydrogen-bond donors (Lipinski definition) is 1. The third-order valence-electron chi connectivity index (χ3n) is 2.75. The molecule has 0 unspecified atom stereocenters. The van der Waals surface area contributed by atoms with Crippen molar-refractivity contribution in [2.24, 2.45) is 0 Å². The fourth-order valence-corrected chi connectivity index (χ4v) is 1.77. The van der Waals surface area contributed by atoms with Crippen LogP contribution in [-0.4, -0.2) is 36.1 Å². The highest BCUT2D eigenvalue weighted by Gasteiger charge is 2.10. The van der Waals surface area contributed by atoms with Crippen molar-refractivity contribution in [3.63, 3.8) is 0 Å². The molecule has 0 bridgehead atoms. The van der Waals surface area contributed by atoms with Gasteiger partial charge >= 0.3 is 0 Å². The summed E-state index contributed by atoms with van der Waals surface area (Å²) < 4.78 is 0. The van der Waals surface area contributed by atoms with Crippen LogP contribution in [0.25, 0.3) is 0 Å². The van der Waals surface area contributed by atoms with Crippen molar-refractivity contribution in [1.82, 2.24) is 15.2 Å². The minimum atomic E-state index is 1.04. The van der Waals surface area contributed by atoms with Gasteiger partial charge in [-0.25, -0.2) is 0 Å². The van der Waals surface area contributed by atoms with E-state index in [9.17, 15) is 0 Å². The molecule has 0 spiro atoms. The molecule has 1 saturated heterocycles. The van der Waals surface area contributed by atoms with E-state index in [-0.39, 0.29) is 0 Å². The molecule has 1 aromatic heterocycles. The van der Waals surface area contributed by atoms with Gasteiger partial charge in [0.2, 0.25) is 0 Å². The van der Waals surface area contributed by atoms with E-state index in [4.69, 9.17) is 0 Å². The number of hydrogen-bond acceptors (Lipinski definition) is 3. The normalized spacial score (nSPS) is 18.4. The van der Waals surface area contributed by atoms with Gasteiger partial charge in [0.15, 0.2) is 0 Å². The zero-order valence-electron chi connectivity index (χ0n) is 8.66. The van der Waals surface area contributed by atoms with Crippen LogP contribution < -0.4 is 5.32 Å². The first-order valence-electron chi connectivity index (χ1n) is 5.19. The molecule has 1 aromatic rings. The lowest BCUT2D eigenvalue weighted by Gasteiger charge is -2.27. The van der Waals surface area contributed by atoms with E-state index in [0.29, 0.717) is 0 Å². The Hall–Kier alpha value is -0.930. The molecule has 0 aliphatic carbocycles. The Bertz CT molecular complexity index is 292. The summed E-state index contributed by atoms with van der Waals surface area (Å²) in [5, 5.41) is 3.36. The van der Waals surface area contributed by atoms with Crippen LogP contribution >= 0.6 is 0 Å². The van der Waals surface area contributed by atoms with Crippen molar-refractivity contribution >= 4 is 0 Å². The van der Waals surface area contributed by atoms with Gasteiger partial charge in [0.05, 0.1) is 0 Å². The molecule has 3 nitrogen and oxygen atoms in total. The molecule has 1 aliphatic heterocycles. The van der Waals surface area contributed by atoms with Crippen molar-refractivity contribution in [1.29, 1.82) is 0 Å². The summed E-state index contributed by atoms with van der Waals surface area (Å²) in [5.41, 5.74) is 2.70. The lowest BCUT2D eigenvalue weighted by Crippen LogP contribution is -2.43. The Labute approximate surface area is 85.1 Å². The highest BCUT2D eigenvalue weighted by atomic mass is 15.2. The molecule has 14 heavy (non-hydrogen) atoms. The van der Waals surface area contributed by atoms with Crippen LogP contribution in [-0.2, 0) is 6.54 Å². The van der Waals surface area contributed by atoms with Crippen molar-refractivity contribution in [3.05, 3.63) is 29.6 Å². The lowest BCUT2D eigenvalue weighted by molar-refractivity contribution is 0.232. The Morgan fingerprint density at radius 1 is 1.43 bits per heavy atom. The number of aromatic nitrogens is 1. The number of aryl methyl sites for hydroxylation is 1. The fraction of sp³-hybridized carbons (Fsp3) is 0.545. The second kappa shape index (κ2) is 4.53. The predicted octanol–water partition coefficient (Wildman–Crippen LogP) is 0.795. The van der Waals surface area contributed by atoms with Crippen LogP contribution in [0.4, 0.5) is 0 Å². The van der Waals surface area contributed by atoms with Gasteiger partial charge in [0.1, 0.15) is 0 Å². The van der Waals surface area contributed by atoms with Crippen LogP contribution in [0.5, 0.6) is 0 Å². The summed E-state index contributed by atoms with van der Waals surface area (Å²) in [6.45, 7) is 7.71. The molecular weight excluding hydrogens is 174 g/mol. The fourth-order valence-electron chi connectivity index (χ4n) is 1.77. The van der Waals surface area contributed by atoms with E-state index in [1.54, 1.807) is 0 Å². The molecule has 3 heteroatoms. The maximum absolute atomic E-state index is 4.17. The largest absolute Gasteiger partial charge is 0.314 e. The van der Waals surface area contributed by atoms with Gasteiger partial charge < -0.3 is 5.32 Å². The highest BCUT2D eigenvalue weighted by molar-refractivity contribution is 5.21. The zero-order chi connectivity index (χ0) is 9.80. The van der Waals surface area contributed by atoms with E-state index in [2.05, 4.69) is 28.2 Å². The maximum atomic E-state index is 4.17. The standard InChI is InChI=1S/C11H17N3/c1-10-2-3-13-8-11(10)9-14-6-4-12-5-7-14/h2-3,8,12H,4-7,9H2,1H3. The van der Waals surface area contributed by atoms with Crippen molar-refractivity contribution in [2.45, 2.75) is 13.5 Å². The Morgan fingerprint density at radius 3 is 2.93 bits per heavy atom. The molecule has 2 heterocycles. The number of nitrogens with one attached hydrogen (secondary N) is 1. The summed E-state index contributed by atoms with van der Waals surface area (Å²) in [7, 11) is 0. The number of rotatable bonds is 2. The van der Waals surface area contributed by atoms with Crippen molar-refractivity contribution < 1.29 is 0 Å². The molecule has 0 saturated carbocycles. The molecule has 0 aromatic carbocycles. The van der Waals surface area contributed by atoms with E-state index in [1.165, 1.54) is 11.1 Å². The van der Waals surface area contributed by atoms with Gasteiger partial charge in [-0.2, -0.15) is 0 Å². The second-order valence-electron chi connectivity index (χ2n) is 3.83. The number of pyridine rings is 1. The molecule has 1 N–H and O–H groups in total. The van der Waals surface area contributed by atoms with Gasteiger partial charge in [0, 0.05) is 45.1 Å². The monoisotopic (exact) mass is 191 g/mol. The first-order valence-corrected chi connectivity index (χ1v) is 5.19. The van der Waals surface area contributed by atoms with Gasteiger partial charge in [-0.3, -0.25) is 9.88 Å². The molecule has 0 amide bonds. The Morgan fingerprint density at radius 2 is 2.21 bits per heavy atom. The van der Waals surface area contributed by atoms with E-state index >= 15 is 0 Å². The summed E-state index contributed by atoms with van der Waals surface area (Å²) in [5.74, 6) is 0. The molecule has 76 valence electrons. The van der Waals surface area contributed by atoms with Crippen molar-refractivity contribution in [3.8, 4) is 0 Å². The SMILES string of the molecule is Cc1ccncc1CN1CCNCC1. The van der Waals surface area contributed by atoms with E-state index in [0.717, 1.165) is 32.7 Å². The lowest BCUT2D eigenvalue weighted by atomic mass is 10.1. The average Bonchev–Trinajstić information content (AvgIpc) is 2.23.